The molecule has 0 radical (unpaired) electrons. The summed E-state index contributed by atoms with van der Waals surface area (Å²) in [5.41, 5.74) is 5.48. The molecular weight excluding hydrogens is 162 g/mol. The third-order valence-electron chi connectivity index (χ3n) is 0.891. The van der Waals surface area contributed by atoms with Crippen molar-refractivity contribution in [3.05, 3.63) is 0 Å². The molecule has 62 valence electrons. The SMILES string of the molecule is COC(=O)C#CC(N)CSC. The minimum Gasteiger partial charge on any atom is -0.459 e. The molecule has 0 aromatic rings. The zero-order valence-electron chi connectivity index (χ0n) is 6.59. The van der Waals surface area contributed by atoms with E-state index in [1.807, 2.05) is 6.26 Å². The van der Waals surface area contributed by atoms with Crippen LogP contribution in [0.25, 0.3) is 0 Å². The van der Waals surface area contributed by atoms with Crippen LogP contribution in [0.1, 0.15) is 0 Å². The number of hydrogen-bond acceptors (Lipinski definition) is 4. The molecule has 3 nitrogen and oxygen atoms in total. The number of thioether (sulfide) groups is 1. The van der Waals surface area contributed by atoms with Crippen molar-refractivity contribution < 1.29 is 9.53 Å². The minimum absolute atomic E-state index is 0.246. The largest absolute Gasteiger partial charge is 0.459 e. The summed E-state index contributed by atoms with van der Waals surface area (Å²) >= 11 is 1.59. The fourth-order valence-corrected chi connectivity index (χ4v) is 0.866. The van der Waals surface area contributed by atoms with E-state index in [1.54, 1.807) is 11.8 Å². The molecule has 0 bridgehead atoms. The molecule has 1 atom stereocenters. The van der Waals surface area contributed by atoms with Crippen LogP contribution >= 0.6 is 11.8 Å². The first-order chi connectivity index (χ1) is 5.20. The van der Waals surface area contributed by atoms with E-state index in [0.29, 0.717) is 0 Å². The van der Waals surface area contributed by atoms with Gasteiger partial charge < -0.3 is 10.5 Å². The van der Waals surface area contributed by atoms with Crippen LogP contribution in [0, 0.1) is 11.8 Å². The Morgan fingerprint density at radius 2 is 2.45 bits per heavy atom. The average molecular weight is 173 g/mol. The van der Waals surface area contributed by atoms with Gasteiger partial charge in [0, 0.05) is 11.7 Å². The van der Waals surface area contributed by atoms with Gasteiger partial charge in [0.15, 0.2) is 0 Å². The fraction of sp³-hybridized carbons (Fsp3) is 0.571. The predicted molar refractivity (Wildman–Crippen MR) is 46.1 cm³/mol. The van der Waals surface area contributed by atoms with Crippen molar-refractivity contribution in [1.82, 2.24) is 0 Å². The molecule has 0 amide bonds. The van der Waals surface area contributed by atoms with E-state index in [9.17, 15) is 4.79 Å². The van der Waals surface area contributed by atoms with E-state index >= 15 is 0 Å². The van der Waals surface area contributed by atoms with E-state index in [1.165, 1.54) is 7.11 Å². The zero-order chi connectivity index (χ0) is 8.69. The first-order valence-corrected chi connectivity index (χ1v) is 4.44. The second-order valence-corrected chi connectivity index (χ2v) is 2.73. The van der Waals surface area contributed by atoms with E-state index in [2.05, 4.69) is 16.6 Å². The molecule has 0 aliphatic heterocycles. The molecule has 0 fully saturated rings. The second kappa shape index (κ2) is 6.08. The van der Waals surface area contributed by atoms with Gasteiger partial charge in [0.1, 0.15) is 0 Å². The summed E-state index contributed by atoms with van der Waals surface area (Å²) in [6, 6.07) is -0.246. The number of methoxy groups -OCH3 is 1. The van der Waals surface area contributed by atoms with Gasteiger partial charge in [-0.3, -0.25) is 0 Å². The number of carbonyl (C=O) groups excluding carboxylic acids is 1. The van der Waals surface area contributed by atoms with Gasteiger partial charge in [0.25, 0.3) is 0 Å². The molecular formula is C7H11NO2S. The third kappa shape index (κ3) is 5.77. The van der Waals surface area contributed by atoms with Crippen molar-refractivity contribution in [2.45, 2.75) is 6.04 Å². The molecule has 4 heteroatoms. The first-order valence-electron chi connectivity index (χ1n) is 3.04. The summed E-state index contributed by atoms with van der Waals surface area (Å²) in [7, 11) is 1.29. The molecule has 11 heavy (non-hydrogen) atoms. The van der Waals surface area contributed by atoms with E-state index in [0.717, 1.165) is 5.75 Å². The third-order valence-corrected chi connectivity index (χ3v) is 1.58. The normalized spacial score (nSPS) is 11.2. The van der Waals surface area contributed by atoms with Crippen LogP contribution in [0.4, 0.5) is 0 Å². The van der Waals surface area contributed by atoms with Gasteiger partial charge in [-0.25, -0.2) is 4.79 Å². The van der Waals surface area contributed by atoms with Gasteiger partial charge in [-0.1, -0.05) is 5.92 Å². The number of esters is 1. The quantitative estimate of drug-likeness (QED) is 0.358. The smallest absolute Gasteiger partial charge is 0.384 e. The van der Waals surface area contributed by atoms with Crippen LogP contribution < -0.4 is 5.73 Å². The lowest BCUT2D eigenvalue weighted by Gasteiger charge is -1.97. The fourth-order valence-electron chi connectivity index (χ4n) is 0.424. The lowest BCUT2D eigenvalue weighted by Crippen LogP contribution is -2.20. The Morgan fingerprint density at radius 1 is 1.82 bits per heavy atom. The molecule has 0 spiro atoms. The van der Waals surface area contributed by atoms with Crippen molar-refractivity contribution in [1.29, 1.82) is 0 Å². The molecule has 0 aliphatic rings. The van der Waals surface area contributed by atoms with Crippen LogP contribution in [0.2, 0.25) is 0 Å². The monoisotopic (exact) mass is 173 g/mol. The summed E-state index contributed by atoms with van der Waals surface area (Å²) in [5.74, 6) is 5.02. The number of carbonyl (C=O) groups is 1. The maximum Gasteiger partial charge on any atom is 0.384 e. The van der Waals surface area contributed by atoms with Crippen molar-refractivity contribution in [3.63, 3.8) is 0 Å². The summed E-state index contributed by atoms with van der Waals surface area (Å²) in [6.45, 7) is 0. The van der Waals surface area contributed by atoms with Gasteiger partial charge in [-0.05, 0) is 6.26 Å². The van der Waals surface area contributed by atoms with Crippen LogP contribution in [-0.4, -0.2) is 31.1 Å². The highest BCUT2D eigenvalue weighted by Gasteiger charge is 1.95. The van der Waals surface area contributed by atoms with Gasteiger partial charge in [-0.15, -0.1) is 0 Å². The Balaban J connectivity index is 3.76. The number of ether oxygens (including phenoxy) is 1. The number of hydrogen-bond donors (Lipinski definition) is 1. The Morgan fingerprint density at radius 3 is 2.91 bits per heavy atom. The van der Waals surface area contributed by atoms with Crippen LogP contribution in [-0.2, 0) is 9.53 Å². The molecule has 2 N–H and O–H groups in total. The van der Waals surface area contributed by atoms with Gasteiger partial charge in [0.05, 0.1) is 13.2 Å². The number of rotatable bonds is 2. The van der Waals surface area contributed by atoms with Crippen molar-refractivity contribution >= 4 is 17.7 Å². The molecule has 0 saturated carbocycles. The van der Waals surface area contributed by atoms with E-state index < -0.39 is 5.97 Å². The molecule has 0 saturated heterocycles. The molecule has 0 aliphatic carbocycles. The second-order valence-electron chi connectivity index (χ2n) is 1.82. The topological polar surface area (TPSA) is 52.3 Å². The summed E-state index contributed by atoms with van der Waals surface area (Å²) in [4.78, 5) is 10.5. The molecule has 0 aromatic heterocycles. The van der Waals surface area contributed by atoms with E-state index in [4.69, 9.17) is 5.73 Å². The zero-order valence-corrected chi connectivity index (χ0v) is 7.40. The Labute approximate surface area is 70.7 Å². The molecule has 0 heterocycles. The maximum atomic E-state index is 10.5. The van der Waals surface area contributed by atoms with Gasteiger partial charge in [-0.2, -0.15) is 11.8 Å². The molecule has 0 aromatic carbocycles. The molecule has 1 unspecified atom stereocenters. The average Bonchev–Trinajstić information content (AvgIpc) is 2.01. The Bertz CT molecular complexity index is 183. The van der Waals surface area contributed by atoms with Gasteiger partial charge >= 0.3 is 5.97 Å². The predicted octanol–water partition coefficient (Wildman–Crippen LogP) is -0.147. The van der Waals surface area contributed by atoms with E-state index in [-0.39, 0.29) is 6.04 Å². The highest BCUT2D eigenvalue weighted by molar-refractivity contribution is 7.98. The summed E-state index contributed by atoms with van der Waals surface area (Å²) in [6.07, 6.45) is 1.93. The Kier molecular flexibility index (Phi) is 5.71. The standard InChI is InChI=1S/C7H11NO2S/c1-10-7(9)4-3-6(8)5-11-2/h6H,5,8H2,1-2H3. The highest BCUT2D eigenvalue weighted by atomic mass is 32.2. The summed E-state index contributed by atoms with van der Waals surface area (Å²) in [5, 5.41) is 0. The Hall–Kier alpha value is -0.660. The highest BCUT2D eigenvalue weighted by Crippen LogP contribution is 1.92. The van der Waals surface area contributed by atoms with Crippen LogP contribution in [0.3, 0.4) is 0 Å². The van der Waals surface area contributed by atoms with Crippen LogP contribution in [0.15, 0.2) is 0 Å². The summed E-state index contributed by atoms with van der Waals surface area (Å²) < 4.78 is 4.30. The van der Waals surface area contributed by atoms with Gasteiger partial charge in [0.2, 0.25) is 0 Å². The van der Waals surface area contributed by atoms with Crippen LogP contribution in [0.5, 0.6) is 0 Å². The van der Waals surface area contributed by atoms with Crippen molar-refractivity contribution in [2.75, 3.05) is 19.1 Å². The lowest BCUT2D eigenvalue weighted by atomic mass is 10.4. The number of nitrogens with two attached hydrogens (primary N) is 1. The molecule has 0 rings (SSSR count). The minimum atomic E-state index is -0.540. The maximum absolute atomic E-state index is 10.5. The van der Waals surface area contributed by atoms with Crippen molar-refractivity contribution in [2.24, 2.45) is 5.73 Å². The van der Waals surface area contributed by atoms with Crippen molar-refractivity contribution in [3.8, 4) is 11.8 Å². The first kappa shape index (κ1) is 10.3. The lowest BCUT2D eigenvalue weighted by molar-refractivity contribution is -0.133.